The molecule has 0 heterocycles. The summed E-state index contributed by atoms with van der Waals surface area (Å²) in [4.78, 5) is 27.5. The number of carbonyl (C=O) groups is 2. The number of benzene rings is 2. The normalized spacial score (nSPS) is 13.1. The zero-order chi connectivity index (χ0) is 26.2. The van der Waals surface area contributed by atoms with Crippen LogP contribution in [0.1, 0.15) is 45.6 Å². The van der Waals surface area contributed by atoms with Crippen molar-refractivity contribution >= 4 is 39.1 Å². The maximum atomic E-state index is 13.3. The Bertz CT molecular complexity index is 1110. The number of sulfonamides is 1. The maximum Gasteiger partial charge on any atom is 0.242 e. The molecular weight excluding hydrogens is 493 g/mol. The Hall–Kier alpha value is -2.65. The molecule has 0 unspecified atom stereocenters. The third-order valence-electron chi connectivity index (χ3n) is 5.68. The van der Waals surface area contributed by atoms with E-state index in [4.69, 9.17) is 11.6 Å². The second-order valence-corrected chi connectivity index (χ2v) is 10.9. The highest BCUT2D eigenvalue weighted by Gasteiger charge is 2.27. The lowest BCUT2D eigenvalue weighted by atomic mass is 10.1. The van der Waals surface area contributed by atoms with Crippen LogP contribution in [0.4, 0.5) is 10.1 Å². The lowest BCUT2D eigenvalue weighted by Gasteiger charge is -2.30. The Kier molecular flexibility index (Phi) is 10.5. The average molecular weight is 526 g/mol. The van der Waals surface area contributed by atoms with E-state index in [-0.39, 0.29) is 43.8 Å². The summed E-state index contributed by atoms with van der Waals surface area (Å²) in [7, 11) is -3.64. The molecule has 0 saturated carbocycles. The number of halogens is 2. The van der Waals surface area contributed by atoms with Crippen LogP contribution in [0, 0.1) is 5.82 Å². The van der Waals surface area contributed by atoms with E-state index in [1.54, 1.807) is 25.1 Å². The fourth-order valence-corrected chi connectivity index (χ4v) is 4.67. The fraction of sp³-hybridized carbons (Fsp3) is 0.440. The van der Waals surface area contributed by atoms with Gasteiger partial charge < -0.3 is 10.2 Å². The van der Waals surface area contributed by atoms with Crippen molar-refractivity contribution in [2.45, 2.75) is 58.7 Å². The van der Waals surface area contributed by atoms with Gasteiger partial charge in [-0.25, -0.2) is 12.8 Å². The highest BCUT2D eigenvalue weighted by molar-refractivity contribution is 7.92. The molecule has 0 aliphatic rings. The number of amides is 2. The lowest BCUT2D eigenvalue weighted by molar-refractivity contribution is -0.140. The first-order valence-electron chi connectivity index (χ1n) is 11.5. The predicted octanol–water partition coefficient (Wildman–Crippen LogP) is 4.36. The summed E-state index contributed by atoms with van der Waals surface area (Å²) in [6.45, 7) is 5.74. The number of hydrogen-bond donors (Lipinski definition) is 1. The summed E-state index contributed by atoms with van der Waals surface area (Å²) < 4.78 is 39.0. The monoisotopic (exact) mass is 525 g/mol. The number of nitrogens with one attached hydrogen (secondary N) is 1. The molecule has 0 spiro atoms. The molecule has 2 rings (SSSR count). The second-order valence-electron chi connectivity index (χ2n) is 8.56. The van der Waals surface area contributed by atoms with E-state index >= 15 is 0 Å². The summed E-state index contributed by atoms with van der Waals surface area (Å²) in [5, 5.41) is 3.43. The van der Waals surface area contributed by atoms with E-state index in [2.05, 4.69) is 5.32 Å². The van der Waals surface area contributed by atoms with Gasteiger partial charge in [0, 0.05) is 30.6 Å². The van der Waals surface area contributed by atoms with E-state index in [0.717, 1.165) is 22.5 Å². The van der Waals surface area contributed by atoms with Gasteiger partial charge in [-0.05, 0) is 68.7 Å². The molecule has 35 heavy (non-hydrogen) atoms. The number of rotatable bonds is 12. The topological polar surface area (TPSA) is 86.8 Å². The first-order chi connectivity index (χ1) is 16.4. The molecule has 0 saturated heterocycles. The number of carbonyl (C=O) groups excluding carboxylic acids is 2. The van der Waals surface area contributed by atoms with Gasteiger partial charge in [-0.15, -0.1) is 0 Å². The van der Waals surface area contributed by atoms with E-state index in [1.807, 2.05) is 19.9 Å². The second kappa shape index (κ2) is 12.9. The third-order valence-corrected chi connectivity index (χ3v) is 7.11. The summed E-state index contributed by atoms with van der Waals surface area (Å²) in [6, 6.07) is 11.4. The molecule has 192 valence electrons. The average Bonchev–Trinajstić information content (AvgIpc) is 2.79. The smallest absolute Gasteiger partial charge is 0.242 e. The van der Waals surface area contributed by atoms with E-state index < -0.39 is 21.9 Å². The Morgan fingerprint density at radius 2 is 1.77 bits per heavy atom. The molecule has 0 aromatic heterocycles. The van der Waals surface area contributed by atoms with E-state index in [9.17, 15) is 22.4 Å². The van der Waals surface area contributed by atoms with Gasteiger partial charge in [0.2, 0.25) is 21.8 Å². The Morgan fingerprint density at radius 1 is 1.11 bits per heavy atom. The Balaban J connectivity index is 2.16. The van der Waals surface area contributed by atoms with Gasteiger partial charge in [-0.2, -0.15) is 0 Å². The van der Waals surface area contributed by atoms with Gasteiger partial charge >= 0.3 is 0 Å². The standard InChI is InChI=1S/C25H33ClFN3O4S/c1-5-18(2)28-25(32)19(3)29(17-20-8-6-9-21(26)16-20)24(31)10-7-15-30(35(4,33)34)23-13-11-22(27)12-14-23/h6,8-9,11-14,16,18-19H,5,7,10,15,17H2,1-4H3,(H,28,32)/t18-,19-/m0/s1. The van der Waals surface area contributed by atoms with Crippen LogP contribution in [0.5, 0.6) is 0 Å². The van der Waals surface area contributed by atoms with Crippen molar-refractivity contribution in [1.29, 1.82) is 0 Å². The Morgan fingerprint density at radius 3 is 2.34 bits per heavy atom. The molecule has 2 aromatic carbocycles. The minimum Gasteiger partial charge on any atom is -0.352 e. The van der Waals surface area contributed by atoms with Gasteiger partial charge in [-0.1, -0.05) is 30.7 Å². The van der Waals surface area contributed by atoms with Crippen LogP contribution < -0.4 is 9.62 Å². The van der Waals surface area contributed by atoms with Gasteiger partial charge in [0.1, 0.15) is 11.9 Å². The van der Waals surface area contributed by atoms with Crippen LogP contribution in [0.15, 0.2) is 48.5 Å². The number of nitrogens with zero attached hydrogens (tertiary/aromatic N) is 2. The van der Waals surface area contributed by atoms with E-state index in [0.29, 0.717) is 10.7 Å². The molecular formula is C25H33ClFN3O4S. The molecule has 2 atom stereocenters. The molecule has 0 radical (unpaired) electrons. The predicted molar refractivity (Wildman–Crippen MR) is 137 cm³/mol. The van der Waals surface area contributed by atoms with Crippen LogP contribution >= 0.6 is 11.6 Å². The van der Waals surface area contributed by atoms with Crippen LogP contribution in [0.25, 0.3) is 0 Å². The SMILES string of the molecule is CC[C@H](C)NC(=O)[C@H](C)N(Cc1cccc(Cl)c1)C(=O)CCCN(c1ccc(F)cc1)S(C)(=O)=O. The molecule has 7 nitrogen and oxygen atoms in total. The van der Waals surface area contributed by atoms with Crippen molar-refractivity contribution in [3.05, 3.63) is 64.9 Å². The minimum absolute atomic E-state index is 0.0226. The zero-order valence-electron chi connectivity index (χ0n) is 20.5. The summed E-state index contributed by atoms with van der Waals surface area (Å²) >= 11 is 6.10. The van der Waals surface area contributed by atoms with Crippen LogP contribution in [0.2, 0.25) is 5.02 Å². The highest BCUT2D eigenvalue weighted by atomic mass is 35.5. The molecule has 0 bridgehead atoms. The molecule has 2 amide bonds. The number of anilines is 1. The lowest BCUT2D eigenvalue weighted by Crippen LogP contribution is -2.49. The molecule has 0 aliphatic carbocycles. The van der Waals surface area contributed by atoms with Crippen LogP contribution in [-0.4, -0.2) is 50.0 Å². The molecule has 2 aromatic rings. The van der Waals surface area contributed by atoms with Crippen LogP contribution in [0.3, 0.4) is 0 Å². The zero-order valence-corrected chi connectivity index (χ0v) is 22.1. The van der Waals surface area contributed by atoms with Gasteiger partial charge in [0.15, 0.2) is 0 Å². The van der Waals surface area contributed by atoms with Crippen molar-refractivity contribution in [2.75, 3.05) is 17.1 Å². The Labute approximate surface area is 212 Å². The highest BCUT2D eigenvalue weighted by Crippen LogP contribution is 2.20. The summed E-state index contributed by atoms with van der Waals surface area (Å²) in [5.41, 5.74) is 1.09. The van der Waals surface area contributed by atoms with Crippen LogP contribution in [-0.2, 0) is 26.2 Å². The molecule has 1 N–H and O–H groups in total. The van der Waals surface area contributed by atoms with E-state index in [1.165, 1.54) is 29.2 Å². The van der Waals surface area contributed by atoms with Crippen molar-refractivity contribution in [3.8, 4) is 0 Å². The first kappa shape index (κ1) is 28.6. The largest absolute Gasteiger partial charge is 0.352 e. The molecule has 0 aliphatic heterocycles. The fourth-order valence-electron chi connectivity index (χ4n) is 3.49. The van der Waals surface area contributed by atoms with Gasteiger partial charge in [0.05, 0.1) is 11.9 Å². The maximum absolute atomic E-state index is 13.3. The van der Waals surface area contributed by atoms with Crippen molar-refractivity contribution < 1.29 is 22.4 Å². The van der Waals surface area contributed by atoms with Crippen molar-refractivity contribution in [3.63, 3.8) is 0 Å². The first-order valence-corrected chi connectivity index (χ1v) is 13.7. The number of hydrogen-bond acceptors (Lipinski definition) is 4. The summed E-state index contributed by atoms with van der Waals surface area (Å²) in [6.07, 6.45) is 2.06. The third kappa shape index (κ3) is 8.81. The summed E-state index contributed by atoms with van der Waals surface area (Å²) in [5.74, 6) is -1.03. The van der Waals surface area contributed by atoms with Gasteiger partial charge in [-0.3, -0.25) is 13.9 Å². The minimum atomic E-state index is -3.64. The van der Waals surface area contributed by atoms with Crippen molar-refractivity contribution in [1.82, 2.24) is 10.2 Å². The molecule has 0 fully saturated rings. The van der Waals surface area contributed by atoms with Crippen molar-refractivity contribution in [2.24, 2.45) is 0 Å². The quantitative estimate of drug-likeness (QED) is 0.446. The van der Waals surface area contributed by atoms with Gasteiger partial charge in [0.25, 0.3) is 0 Å². The molecule has 10 heteroatoms.